The molecule has 0 saturated carbocycles. The van der Waals surface area contributed by atoms with Crippen LogP contribution in [0.25, 0.3) is 0 Å². The second-order valence-corrected chi connectivity index (χ2v) is 9.28. The van der Waals surface area contributed by atoms with Crippen LogP contribution in [0.2, 0.25) is 0 Å². The number of carboxylic acid groups (broad SMARTS) is 1. The summed E-state index contributed by atoms with van der Waals surface area (Å²) in [5.41, 5.74) is 2.28. The van der Waals surface area contributed by atoms with Gasteiger partial charge in [-0.3, -0.25) is 0 Å². The number of aliphatic carboxylic acids is 1. The van der Waals surface area contributed by atoms with E-state index in [4.69, 9.17) is 4.98 Å². The quantitative estimate of drug-likeness (QED) is 0.306. The minimum absolute atomic E-state index is 0.210. The second kappa shape index (κ2) is 13.5. The van der Waals surface area contributed by atoms with Gasteiger partial charge in [-0.05, 0) is 72.6 Å². The predicted octanol–water partition coefficient (Wildman–Crippen LogP) is 4.23. The zero-order valence-electron chi connectivity index (χ0n) is 19.0. The molecule has 0 unspecified atom stereocenters. The summed E-state index contributed by atoms with van der Waals surface area (Å²) in [5, 5.41) is 15.7. The van der Waals surface area contributed by atoms with Crippen LogP contribution in [-0.4, -0.2) is 69.6 Å². The number of unbranched alkanes of at least 4 members (excludes halogenated alkanes) is 1. The van der Waals surface area contributed by atoms with Gasteiger partial charge in [-0.1, -0.05) is 6.07 Å². The molecule has 0 bridgehead atoms. The van der Waals surface area contributed by atoms with E-state index in [1.165, 1.54) is 18.0 Å². The molecule has 0 amide bonds. The SMILES string of the molecule is O=C(O)[C@H](CCN(CCCCc1ccc2c(n1)NCCC2)CCC(F)F)Nc1ncc(Br)cn1. The van der Waals surface area contributed by atoms with Crippen LogP contribution in [0.1, 0.15) is 43.4 Å². The minimum atomic E-state index is -2.39. The number of anilines is 2. The Hall–Kier alpha value is -2.40. The van der Waals surface area contributed by atoms with Crippen LogP contribution in [0, 0.1) is 0 Å². The van der Waals surface area contributed by atoms with Crippen molar-refractivity contribution in [2.75, 3.05) is 36.8 Å². The highest BCUT2D eigenvalue weighted by atomic mass is 79.9. The van der Waals surface area contributed by atoms with Gasteiger partial charge >= 0.3 is 5.97 Å². The van der Waals surface area contributed by atoms with Crippen LogP contribution >= 0.6 is 15.9 Å². The smallest absolute Gasteiger partial charge is 0.326 e. The number of aromatic nitrogens is 3. The Morgan fingerprint density at radius 2 is 1.94 bits per heavy atom. The van der Waals surface area contributed by atoms with Crippen LogP contribution in [0.3, 0.4) is 0 Å². The molecule has 1 atom stereocenters. The maximum atomic E-state index is 12.8. The zero-order chi connectivity index (χ0) is 24.3. The number of fused-ring (bicyclic) bond motifs is 1. The number of aryl methyl sites for hydroxylation is 2. The van der Waals surface area contributed by atoms with Crippen LogP contribution < -0.4 is 10.6 Å². The Morgan fingerprint density at radius 1 is 1.18 bits per heavy atom. The molecular formula is C23H31BrF2N6O2. The van der Waals surface area contributed by atoms with Gasteiger partial charge in [0.15, 0.2) is 0 Å². The lowest BCUT2D eigenvalue weighted by atomic mass is 10.1. The Balaban J connectivity index is 1.48. The molecule has 3 rings (SSSR count). The highest BCUT2D eigenvalue weighted by molar-refractivity contribution is 9.10. The van der Waals surface area contributed by atoms with Crippen molar-refractivity contribution >= 4 is 33.7 Å². The second-order valence-electron chi connectivity index (χ2n) is 8.37. The maximum Gasteiger partial charge on any atom is 0.326 e. The number of nitrogens with zero attached hydrogens (tertiary/aromatic N) is 4. The molecule has 0 spiro atoms. The molecule has 0 aromatic carbocycles. The first-order valence-corrected chi connectivity index (χ1v) is 12.4. The summed E-state index contributed by atoms with van der Waals surface area (Å²) in [6, 6.07) is 3.28. The summed E-state index contributed by atoms with van der Waals surface area (Å²) in [6.07, 6.45) is 5.35. The summed E-state index contributed by atoms with van der Waals surface area (Å²) in [6.45, 7) is 2.17. The average molecular weight is 541 g/mol. The number of hydrogen-bond acceptors (Lipinski definition) is 7. The molecule has 3 heterocycles. The van der Waals surface area contributed by atoms with Crippen LogP contribution in [0.5, 0.6) is 0 Å². The minimum Gasteiger partial charge on any atom is -0.480 e. The molecule has 2 aromatic rings. The Bertz CT molecular complexity index is 919. The van der Waals surface area contributed by atoms with Crippen molar-refractivity contribution in [3.8, 4) is 0 Å². The van der Waals surface area contributed by atoms with Crippen molar-refractivity contribution in [1.29, 1.82) is 0 Å². The van der Waals surface area contributed by atoms with Gasteiger partial charge in [-0.2, -0.15) is 0 Å². The van der Waals surface area contributed by atoms with Gasteiger partial charge in [0.2, 0.25) is 12.4 Å². The van der Waals surface area contributed by atoms with Gasteiger partial charge in [0.25, 0.3) is 0 Å². The van der Waals surface area contributed by atoms with Crippen molar-refractivity contribution < 1.29 is 18.7 Å². The number of pyridine rings is 1. The van der Waals surface area contributed by atoms with Gasteiger partial charge < -0.3 is 20.6 Å². The zero-order valence-corrected chi connectivity index (χ0v) is 20.6. The Labute approximate surface area is 206 Å². The van der Waals surface area contributed by atoms with E-state index in [1.54, 1.807) is 0 Å². The first-order valence-electron chi connectivity index (χ1n) is 11.6. The molecule has 2 aromatic heterocycles. The molecule has 1 aliphatic rings. The molecule has 34 heavy (non-hydrogen) atoms. The molecule has 11 heteroatoms. The highest BCUT2D eigenvalue weighted by Crippen LogP contribution is 2.20. The third-order valence-electron chi connectivity index (χ3n) is 5.73. The fourth-order valence-electron chi connectivity index (χ4n) is 3.88. The third kappa shape index (κ3) is 8.75. The summed E-state index contributed by atoms with van der Waals surface area (Å²) < 4.78 is 26.3. The van der Waals surface area contributed by atoms with Crippen molar-refractivity contribution in [3.63, 3.8) is 0 Å². The molecule has 0 radical (unpaired) electrons. The van der Waals surface area contributed by atoms with Gasteiger partial charge in [0.1, 0.15) is 11.9 Å². The van der Waals surface area contributed by atoms with Crippen LogP contribution in [-0.2, 0) is 17.6 Å². The number of carbonyl (C=O) groups is 1. The van der Waals surface area contributed by atoms with Crippen molar-refractivity contribution in [2.45, 2.75) is 57.4 Å². The topological polar surface area (TPSA) is 103 Å². The van der Waals surface area contributed by atoms with E-state index in [-0.39, 0.29) is 25.3 Å². The predicted molar refractivity (Wildman–Crippen MR) is 130 cm³/mol. The lowest BCUT2D eigenvalue weighted by Crippen LogP contribution is -2.36. The van der Waals surface area contributed by atoms with E-state index < -0.39 is 18.4 Å². The molecule has 3 N–H and O–H groups in total. The number of nitrogens with one attached hydrogen (secondary N) is 2. The van der Waals surface area contributed by atoms with E-state index >= 15 is 0 Å². The lowest BCUT2D eigenvalue weighted by Gasteiger charge is -2.24. The first kappa shape index (κ1) is 26.2. The molecule has 0 aliphatic carbocycles. The summed E-state index contributed by atoms with van der Waals surface area (Å²) in [5.74, 6) is 0.151. The van der Waals surface area contributed by atoms with Crippen molar-refractivity contribution in [2.24, 2.45) is 0 Å². The van der Waals surface area contributed by atoms with E-state index in [9.17, 15) is 18.7 Å². The number of rotatable bonds is 14. The molecule has 186 valence electrons. The summed E-state index contributed by atoms with van der Waals surface area (Å²) >= 11 is 3.24. The van der Waals surface area contributed by atoms with Crippen LogP contribution in [0.4, 0.5) is 20.5 Å². The molecule has 0 saturated heterocycles. The molecule has 0 fully saturated rings. The van der Waals surface area contributed by atoms with Gasteiger partial charge in [-0.15, -0.1) is 0 Å². The number of carboxylic acids is 1. The van der Waals surface area contributed by atoms with E-state index in [0.29, 0.717) is 17.6 Å². The summed E-state index contributed by atoms with van der Waals surface area (Å²) in [7, 11) is 0. The van der Waals surface area contributed by atoms with E-state index in [1.807, 2.05) is 4.90 Å². The first-order chi connectivity index (χ1) is 16.4. The average Bonchev–Trinajstić information content (AvgIpc) is 2.82. The lowest BCUT2D eigenvalue weighted by molar-refractivity contribution is -0.138. The monoisotopic (exact) mass is 540 g/mol. The summed E-state index contributed by atoms with van der Waals surface area (Å²) in [4.78, 5) is 26.4. The number of halogens is 3. The van der Waals surface area contributed by atoms with Crippen molar-refractivity contribution in [3.05, 3.63) is 40.3 Å². The largest absolute Gasteiger partial charge is 0.480 e. The third-order valence-corrected chi connectivity index (χ3v) is 6.14. The number of alkyl halides is 2. The molecule has 1 aliphatic heterocycles. The van der Waals surface area contributed by atoms with E-state index in [0.717, 1.165) is 50.2 Å². The Morgan fingerprint density at radius 3 is 2.68 bits per heavy atom. The normalized spacial score (nSPS) is 14.0. The maximum absolute atomic E-state index is 12.8. The standard InChI is InChI=1S/C23H31BrF2N6O2/c24-17-14-28-23(29-15-17)31-19(22(33)34)8-12-32(13-9-20(25)26)11-2-1-5-18-7-6-16-4-3-10-27-21(16)30-18/h6-7,14-15,19-20H,1-5,8-13H2,(H,27,30)(H,33,34)(H,28,29,31)/t19-/m0/s1. The Kier molecular flexibility index (Phi) is 10.4. The van der Waals surface area contributed by atoms with Gasteiger partial charge in [0, 0.05) is 44.1 Å². The van der Waals surface area contributed by atoms with Gasteiger partial charge in [0.05, 0.1) is 4.47 Å². The fraction of sp³-hybridized carbons (Fsp3) is 0.565. The molecular weight excluding hydrogens is 510 g/mol. The van der Waals surface area contributed by atoms with Crippen LogP contribution in [0.15, 0.2) is 29.0 Å². The van der Waals surface area contributed by atoms with Gasteiger partial charge in [-0.25, -0.2) is 28.5 Å². The molecule has 8 nitrogen and oxygen atoms in total. The number of hydrogen-bond donors (Lipinski definition) is 3. The van der Waals surface area contributed by atoms with E-state index in [2.05, 4.69) is 48.7 Å². The van der Waals surface area contributed by atoms with Crippen molar-refractivity contribution in [1.82, 2.24) is 19.9 Å². The fourth-order valence-corrected chi connectivity index (χ4v) is 4.08. The highest BCUT2D eigenvalue weighted by Gasteiger charge is 2.20.